The fraction of sp³-hybridized carbons (Fsp3) is 0.467. The van der Waals surface area contributed by atoms with Crippen molar-refractivity contribution in [1.82, 2.24) is 15.5 Å². The van der Waals surface area contributed by atoms with Crippen LogP contribution in [0.3, 0.4) is 0 Å². The summed E-state index contributed by atoms with van der Waals surface area (Å²) >= 11 is 12.5. The first-order chi connectivity index (χ1) is 20.0. The van der Waals surface area contributed by atoms with Crippen molar-refractivity contribution < 1.29 is 28.3 Å². The van der Waals surface area contributed by atoms with Gasteiger partial charge in [-0.2, -0.15) is 5.26 Å². The molecule has 12 heteroatoms. The zero-order valence-corrected chi connectivity index (χ0v) is 23.9. The molecule has 5 unspecified atom stereocenters. The summed E-state index contributed by atoms with van der Waals surface area (Å²) in [5, 5.41) is 27.8. The normalized spacial score (nSPS) is 27.3. The number of alkyl halides is 2. The molecule has 4 fully saturated rings. The van der Waals surface area contributed by atoms with Gasteiger partial charge in [0, 0.05) is 46.1 Å². The third-order valence-corrected chi connectivity index (χ3v) is 9.64. The van der Waals surface area contributed by atoms with E-state index in [0.29, 0.717) is 24.1 Å². The van der Waals surface area contributed by atoms with Gasteiger partial charge in [-0.1, -0.05) is 35.3 Å². The van der Waals surface area contributed by atoms with E-state index in [9.17, 15) is 24.8 Å². The molecule has 3 amide bonds. The Morgan fingerprint density at radius 1 is 1.12 bits per heavy atom. The number of carbonyl (C=O) groups excluding carboxylic acids is 3. The van der Waals surface area contributed by atoms with Crippen LogP contribution in [0.2, 0.25) is 10.0 Å². The number of nitrogens with one attached hydrogen (secondary N) is 2. The number of hydrogen-bond donors (Lipinski definition) is 3. The van der Waals surface area contributed by atoms with Crippen LogP contribution in [0.25, 0.3) is 11.1 Å². The van der Waals surface area contributed by atoms with Crippen LogP contribution in [0.15, 0.2) is 36.4 Å². The number of amides is 3. The van der Waals surface area contributed by atoms with E-state index in [1.807, 2.05) is 6.07 Å². The van der Waals surface area contributed by atoms with Crippen LogP contribution in [0.1, 0.15) is 49.7 Å². The number of nitriles is 1. The molecule has 3 aliphatic heterocycles. The lowest BCUT2D eigenvalue weighted by atomic mass is 9.70. The van der Waals surface area contributed by atoms with Gasteiger partial charge in [0.25, 0.3) is 11.8 Å². The maximum atomic E-state index is 15.3. The Morgan fingerprint density at radius 2 is 1.76 bits per heavy atom. The van der Waals surface area contributed by atoms with Crippen LogP contribution in [0.4, 0.5) is 8.78 Å². The van der Waals surface area contributed by atoms with Gasteiger partial charge in [-0.3, -0.25) is 14.4 Å². The molecule has 3 N–H and O–H groups in total. The molecule has 1 saturated carbocycles. The number of nitrogens with zero attached hydrogens (tertiary/aromatic N) is 2. The van der Waals surface area contributed by atoms with Crippen LogP contribution in [-0.4, -0.2) is 58.3 Å². The van der Waals surface area contributed by atoms with Crippen molar-refractivity contribution in [3.8, 4) is 17.2 Å². The number of fused-ring (bicyclic) bond motifs is 6. The smallest absolute Gasteiger partial charge is 0.264 e. The highest BCUT2D eigenvalue weighted by Crippen LogP contribution is 2.54. The molecule has 2 aromatic rings. The average molecular weight is 617 g/mol. The van der Waals surface area contributed by atoms with E-state index in [1.54, 1.807) is 24.3 Å². The van der Waals surface area contributed by atoms with Gasteiger partial charge >= 0.3 is 0 Å². The van der Waals surface area contributed by atoms with Crippen molar-refractivity contribution in [2.45, 2.75) is 68.2 Å². The molecule has 220 valence electrons. The second kappa shape index (κ2) is 10.5. The maximum absolute atomic E-state index is 15.3. The molecule has 5 aliphatic rings. The highest BCUT2D eigenvalue weighted by atomic mass is 35.5. The lowest BCUT2D eigenvalue weighted by Crippen LogP contribution is -2.70. The molecule has 3 saturated heterocycles. The lowest BCUT2D eigenvalue weighted by Gasteiger charge is -2.54. The van der Waals surface area contributed by atoms with Crippen molar-refractivity contribution in [2.24, 2.45) is 11.8 Å². The summed E-state index contributed by atoms with van der Waals surface area (Å²) in [6.45, 7) is 0.530. The largest absolute Gasteiger partial charge is 0.372 e. The summed E-state index contributed by atoms with van der Waals surface area (Å²) in [5.74, 6) is -7.35. The highest BCUT2D eigenvalue weighted by molar-refractivity contribution is 6.31. The van der Waals surface area contributed by atoms with E-state index in [1.165, 1.54) is 12.1 Å². The number of piperidine rings is 3. The van der Waals surface area contributed by atoms with Crippen LogP contribution < -0.4 is 10.6 Å². The number of benzene rings is 2. The van der Waals surface area contributed by atoms with Gasteiger partial charge in [-0.25, -0.2) is 8.78 Å². The van der Waals surface area contributed by atoms with Gasteiger partial charge in [0.05, 0.1) is 12.0 Å². The Balaban J connectivity index is 1.38. The Hall–Kier alpha value is -3.26. The minimum absolute atomic E-state index is 0.00889. The minimum atomic E-state index is -3.24. The number of carbonyl (C=O) groups is 3. The summed E-state index contributed by atoms with van der Waals surface area (Å²) in [5.41, 5.74) is -0.942. The van der Waals surface area contributed by atoms with Crippen molar-refractivity contribution in [3.63, 3.8) is 0 Å². The molecule has 42 heavy (non-hydrogen) atoms. The van der Waals surface area contributed by atoms with Gasteiger partial charge in [0.15, 0.2) is 5.60 Å². The van der Waals surface area contributed by atoms with Gasteiger partial charge < -0.3 is 20.6 Å². The van der Waals surface area contributed by atoms with Crippen LogP contribution >= 0.6 is 23.2 Å². The summed E-state index contributed by atoms with van der Waals surface area (Å²) in [6, 6.07) is 7.61. The third-order valence-electron chi connectivity index (χ3n) is 9.17. The first-order valence-corrected chi connectivity index (χ1v) is 14.7. The third kappa shape index (κ3) is 4.53. The monoisotopic (exact) mass is 616 g/mol. The fourth-order valence-electron chi connectivity index (χ4n) is 7.21. The van der Waals surface area contributed by atoms with Crippen molar-refractivity contribution in [2.75, 3.05) is 6.54 Å². The quantitative estimate of drug-likeness (QED) is 0.466. The molecule has 7 rings (SSSR count). The Morgan fingerprint density at radius 3 is 2.33 bits per heavy atom. The fourth-order valence-corrected chi connectivity index (χ4v) is 7.55. The van der Waals surface area contributed by atoms with E-state index < -0.39 is 59.7 Å². The number of halogens is 4. The lowest BCUT2D eigenvalue weighted by molar-refractivity contribution is -0.201. The number of hydrogen-bond acceptors (Lipinski definition) is 5. The molecular weight excluding hydrogens is 589 g/mol. The molecule has 0 aromatic heterocycles. The van der Waals surface area contributed by atoms with Gasteiger partial charge in [0.1, 0.15) is 12.1 Å². The van der Waals surface area contributed by atoms with Crippen molar-refractivity contribution in [1.29, 1.82) is 5.26 Å². The van der Waals surface area contributed by atoms with Crippen molar-refractivity contribution in [3.05, 3.63) is 57.6 Å². The summed E-state index contributed by atoms with van der Waals surface area (Å²) in [4.78, 5) is 41.7. The van der Waals surface area contributed by atoms with E-state index in [-0.39, 0.29) is 46.3 Å². The second-order valence-corrected chi connectivity index (χ2v) is 12.5. The molecule has 0 radical (unpaired) electrons. The van der Waals surface area contributed by atoms with E-state index >= 15 is 8.78 Å². The minimum Gasteiger partial charge on any atom is -0.372 e. The average Bonchev–Trinajstić information content (AvgIpc) is 3.20. The molecule has 2 bridgehead atoms. The zero-order chi connectivity index (χ0) is 30.0. The Kier molecular flexibility index (Phi) is 7.19. The standard InChI is InChI=1S/C30H28Cl2F2N4O4/c31-16-3-6-20-21-7-4-17(32)12-24(21)30(42,23(20)11-16)28(41)38-19-5-8-22(29(33,34)13-19)25(38)27(40)37-18(14-35)10-15-2-1-9-36-26(15)39/h3-4,6-7,11-12,15,18-19,22,25,42H,1-2,5,8-10,13H2,(H,36,39)(H,37,40). The number of aliphatic hydroxyl groups is 1. The first kappa shape index (κ1) is 28.8. The van der Waals surface area contributed by atoms with E-state index in [2.05, 4.69) is 10.6 Å². The highest BCUT2D eigenvalue weighted by Gasteiger charge is 2.63. The summed E-state index contributed by atoms with van der Waals surface area (Å²) in [7, 11) is 0. The SMILES string of the molecule is N#CC(CC1CCCNC1=O)NC(=O)C1C2CCC(CC2(F)F)N1C(=O)C1(O)c2cc(Cl)ccc2-c2ccc(Cl)cc21. The second-order valence-electron chi connectivity index (χ2n) is 11.6. The van der Waals surface area contributed by atoms with Crippen LogP contribution in [0.5, 0.6) is 0 Å². The predicted molar refractivity (Wildman–Crippen MR) is 150 cm³/mol. The zero-order valence-electron chi connectivity index (χ0n) is 22.4. The molecule has 0 spiro atoms. The molecule has 5 atom stereocenters. The van der Waals surface area contributed by atoms with Gasteiger partial charge in [-0.05, 0) is 67.5 Å². The van der Waals surface area contributed by atoms with E-state index in [4.69, 9.17) is 23.2 Å². The number of rotatable bonds is 5. The first-order valence-electron chi connectivity index (χ1n) is 14.0. The van der Waals surface area contributed by atoms with E-state index in [0.717, 1.165) is 11.3 Å². The van der Waals surface area contributed by atoms with Gasteiger partial charge in [-0.15, -0.1) is 0 Å². The maximum Gasteiger partial charge on any atom is 0.264 e. The summed E-state index contributed by atoms with van der Waals surface area (Å²) < 4.78 is 30.6. The molecule has 2 aromatic carbocycles. The predicted octanol–water partition coefficient (Wildman–Crippen LogP) is 4.15. The van der Waals surface area contributed by atoms with Crippen LogP contribution in [0, 0.1) is 23.2 Å². The van der Waals surface area contributed by atoms with Crippen molar-refractivity contribution >= 4 is 40.9 Å². The Bertz CT molecular complexity index is 1480. The topological polar surface area (TPSA) is 123 Å². The van der Waals surface area contributed by atoms with Gasteiger partial charge in [0.2, 0.25) is 11.8 Å². The molecule has 3 heterocycles. The van der Waals surface area contributed by atoms with Crippen LogP contribution in [-0.2, 0) is 20.0 Å². The Labute approximate surface area is 251 Å². The summed E-state index contributed by atoms with van der Waals surface area (Å²) in [6.07, 6.45) is 0.831. The molecule has 2 aliphatic carbocycles. The molecule has 8 nitrogen and oxygen atoms in total. The molecular formula is C30H28Cl2F2N4O4.